The van der Waals surface area contributed by atoms with Crippen LogP contribution in [0.5, 0.6) is 5.75 Å². The lowest BCUT2D eigenvalue weighted by atomic mass is 10.1. The molecule has 0 spiro atoms. The summed E-state index contributed by atoms with van der Waals surface area (Å²) in [6.45, 7) is 8.53. The van der Waals surface area contributed by atoms with Gasteiger partial charge in [-0.1, -0.05) is 78.3 Å². The number of aryl methyl sites for hydroxylation is 1. The van der Waals surface area contributed by atoms with Crippen molar-refractivity contribution in [2.45, 2.75) is 26.0 Å². The zero-order valence-electron chi connectivity index (χ0n) is 18.2. The molecule has 1 fully saturated rings. The summed E-state index contributed by atoms with van der Waals surface area (Å²) in [7, 11) is 0. The molecule has 0 radical (unpaired) electrons. The molecule has 1 aliphatic rings. The molecule has 1 saturated heterocycles. The lowest BCUT2D eigenvalue weighted by Gasteiger charge is -2.35. The summed E-state index contributed by atoms with van der Waals surface area (Å²) in [5.41, 5.74) is 3.74. The van der Waals surface area contributed by atoms with Crippen molar-refractivity contribution in [1.29, 1.82) is 0 Å². The minimum atomic E-state index is -0.0113. The van der Waals surface area contributed by atoms with Gasteiger partial charge in [0.05, 0.1) is 5.02 Å². The zero-order chi connectivity index (χ0) is 21.5. The van der Waals surface area contributed by atoms with Gasteiger partial charge in [-0.05, 0) is 35.7 Å². The van der Waals surface area contributed by atoms with Crippen LogP contribution in [0, 0.1) is 6.92 Å². The van der Waals surface area contributed by atoms with Crippen molar-refractivity contribution < 1.29 is 4.74 Å². The fraction of sp³-hybridized carbons (Fsp3) is 0.333. The van der Waals surface area contributed by atoms with Gasteiger partial charge in [0.2, 0.25) is 0 Å². The minimum absolute atomic E-state index is 0.0113. The molecule has 4 heteroatoms. The fourth-order valence-electron chi connectivity index (χ4n) is 4.13. The van der Waals surface area contributed by atoms with Gasteiger partial charge in [0.15, 0.2) is 0 Å². The van der Waals surface area contributed by atoms with Crippen molar-refractivity contribution in [3.05, 3.63) is 101 Å². The number of benzene rings is 3. The van der Waals surface area contributed by atoms with Crippen LogP contribution < -0.4 is 4.74 Å². The smallest absolute Gasteiger partial charge is 0.139 e. The third kappa shape index (κ3) is 6.33. The Labute approximate surface area is 191 Å². The Bertz CT molecular complexity index is 940. The van der Waals surface area contributed by atoms with Crippen molar-refractivity contribution in [1.82, 2.24) is 9.80 Å². The molecule has 4 rings (SSSR count). The Morgan fingerprint density at radius 1 is 0.839 bits per heavy atom. The first-order chi connectivity index (χ1) is 15.2. The molecule has 0 aromatic heterocycles. The summed E-state index contributed by atoms with van der Waals surface area (Å²) in [4.78, 5) is 5.10. The maximum atomic E-state index is 6.43. The highest BCUT2D eigenvalue weighted by Crippen LogP contribution is 2.31. The molecular formula is C27H31ClN2O. The van der Waals surface area contributed by atoms with Crippen LogP contribution in [0.2, 0.25) is 5.02 Å². The second kappa shape index (κ2) is 10.8. The van der Waals surface area contributed by atoms with E-state index in [1.807, 2.05) is 24.3 Å². The average Bonchev–Trinajstić information content (AvgIpc) is 2.81. The standard InChI is InChI=1S/C27H31ClN2O/c1-22-12-13-25(28)27(20-22)31-26(24-10-6-3-7-11-24)14-15-29-16-18-30(19-17-29)21-23-8-4-2-5-9-23/h2-13,20,26H,14-19,21H2,1H3. The number of hydrogen-bond donors (Lipinski definition) is 0. The van der Waals surface area contributed by atoms with E-state index in [0.717, 1.165) is 57.0 Å². The lowest BCUT2D eigenvalue weighted by Crippen LogP contribution is -2.46. The van der Waals surface area contributed by atoms with Crippen LogP contribution in [0.1, 0.15) is 29.2 Å². The molecule has 162 valence electrons. The lowest BCUT2D eigenvalue weighted by molar-refractivity contribution is 0.107. The van der Waals surface area contributed by atoms with Gasteiger partial charge in [-0.25, -0.2) is 0 Å². The summed E-state index contributed by atoms with van der Waals surface area (Å²) in [6.07, 6.45) is 0.926. The third-order valence-electron chi connectivity index (χ3n) is 5.95. The summed E-state index contributed by atoms with van der Waals surface area (Å²) in [5, 5.41) is 0.668. The van der Waals surface area contributed by atoms with Gasteiger partial charge in [-0.15, -0.1) is 0 Å². The van der Waals surface area contributed by atoms with Crippen LogP contribution in [0.15, 0.2) is 78.9 Å². The monoisotopic (exact) mass is 434 g/mol. The van der Waals surface area contributed by atoms with Crippen LogP contribution >= 0.6 is 11.6 Å². The summed E-state index contributed by atoms with van der Waals surface area (Å²) < 4.78 is 6.43. The summed E-state index contributed by atoms with van der Waals surface area (Å²) in [5.74, 6) is 0.767. The molecular weight excluding hydrogens is 404 g/mol. The minimum Gasteiger partial charge on any atom is -0.484 e. The number of rotatable bonds is 8. The molecule has 0 aliphatic carbocycles. The maximum Gasteiger partial charge on any atom is 0.139 e. The van der Waals surface area contributed by atoms with Crippen molar-refractivity contribution in [3.8, 4) is 5.75 Å². The fourth-order valence-corrected chi connectivity index (χ4v) is 4.29. The van der Waals surface area contributed by atoms with Gasteiger partial charge in [-0.3, -0.25) is 4.90 Å². The van der Waals surface area contributed by atoms with Gasteiger partial charge in [0.25, 0.3) is 0 Å². The highest BCUT2D eigenvalue weighted by molar-refractivity contribution is 6.32. The number of ether oxygens (including phenoxy) is 1. The molecule has 3 aromatic rings. The van der Waals surface area contributed by atoms with Gasteiger partial charge < -0.3 is 9.64 Å². The second-order valence-corrected chi connectivity index (χ2v) is 8.75. The van der Waals surface area contributed by atoms with E-state index in [-0.39, 0.29) is 6.10 Å². The highest BCUT2D eigenvalue weighted by atomic mass is 35.5. The van der Waals surface area contributed by atoms with Crippen LogP contribution in [-0.4, -0.2) is 42.5 Å². The van der Waals surface area contributed by atoms with Gasteiger partial charge in [-0.2, -0.15) is 0 Å². The van der Waals surface area contributed by atoms with Crippen LogP contribution in [-0.2, 0) is 6.54 Å². The largest absolute Gasteiger partial charge is 0.484 e. The number of nitrogens with zero attached hydrogens (tertiary/aromatic N) is 2. The molecule has 0 bridgehead atoms. The molecule has 0 N–H and O–H groups in total. The zero-order valence-corrected chi connectivity index (χ0v) is 19.0. The van der Waals surface area contributed by atoms with E-state index in [9.17, 15) is 0 Å². The normalized spacial score (nSPS) is 16.2. The van der Waals surface area contributed by atoms with Crippen molar-refractivity contribution in [2.24, 2.45) is 0 Å². The number of halogens is 1. The topological polar surface area (TPSA) is 15.7 Å². The first-order valence-corrected chi connectivity index (χ1v) is 11.5. The van der Waals surface area contributed by atoms with E-state index in [1.165, 1.54) is 11.1 Å². The van der Waals surface area contributed by atoms with Gasteiger partial charge >= 0.3 is 0 Å². The Kier molecular flexibility index (Phi) is 7.63. The van der Waals surface area contributed by atoms with E-state index >= 15 is 0 Å². The first-order valence-electron chi connectivity index (χ1n) is 11.1. The third-order valence-corrected chi connectivity index (χ3v) is 6.26. The molecule has 3 nitrogen and oxygen atoms in total. The molecule has 1 heterocycles. The summed E-state index contributed by atoms with van der Waals surface area (Å²) >= 11 is 6.42. The Hall–Kier alpha value is -2.33. The van der Waals surface area contributed by atoms with E-state index in [2.05, 4.69) is 71.3 Å². The quantitative estimate of drug-likeness (QED) is 0.434. The van der Waals surface area contributed by atoms with E-state index < -0.39 is 0 Å². The number of piperazine rings is 1. The molecule has 31 heavy (non-hydrogen) atoms. The SMILES string of the molecule is Cc1ccc(Cl)c(OC(CCN2CCN(Cc3ccccc3)CC2)c2ccccc2)c1. The number of hydrogen-bond acceptors (Lipinski definition) is 3. The highest BCUT2D eigenvalue weighted by Gasteiger charge is 2.20. The van der Waals surface area contributed by atoms with Crippen molar-refractivity contribution >= 4 is 11.6 Å². The predicted molar refractivity (Wildman–Crippen MR) is 129 cm³/mol. The molecule has 1 unspecified atom stereocenters. The van der Waals surface area contributed by atoms with E-state index in [0.29, 0.717) is 5.02 Å². The van der Waals surface area contributed by atoms with Crippen LogP contribution in [0.3, 0.4) is 0 Å². The molecule has 3 aromatic carbocycles. The Morgan fingerprint density at radius 2 is 1.48 bits per heavy atom. The first kappa shape index (κ1) is 21.9. The molecule has 1 atom stereocenters. The predicted octanol–water partition coefficient (Wildman–Crippen LogP) is 5.98. The molecule has 0 amide bonds. The van der Waals surface area contributed by atoms with Gasteiger partial charge in [0.1, 0.15) is 11.9 Å². The van der Waals surface area contributed by atoms with Crippen molar-refractivity contribution in [3.63, 3.8) is 0 Å². The van der Waals surface area contributed by atoms with E-state index in [1.54, 1.807) is 0 Å². The average molecular weight is 435 g/mol. The van der Waals surface area contributed by atoms with Crippen LogP contribution in [0.4, 0.5) is 0 Å². The summed E-state index contributed by atoms with van der Waals surface area (Å²) in [6, 6.07) is 27.2. The molecule has 1 aliphatic heterocycles. The second-order valence-electron chi connectivity index (χ2n) is 8.34. The maximum absolute atomic E-state index is 6.43. The molecule has 0 saturated carbocycles. The Balaban J connectivity index is 1.34. The van der Waals surface area contributed by atoms with E-state index in [4.69, 9.17) is 16.3 Å². The van der Waals surface area contributed by atoms with Crippen LogP contribution in [0.25, 0.3) is 0 Å². The van der Waals surface area contributed by atoms with Gasteiger partial charge in [0, 0.05) is 45.7 Å². The van der Waals surface area contributed by atoms with Crippen molar-refractivity contribution in [2.75, 3.05) is 32.7 Å². The Morgan fingerprint density at radius 3 is 2.19 bits per heavy atom.